The first-order chi connectivity index (χ1) is 5.70. The molecule has 0 radical (unpaired) electrons. The molecule has 2 heteroatoms. The maximum Gasteiger partial charge on any atom is 0.159 e. The van der Waals surface area contributed by atoms with Crippen LogP contribution in [-0.4, -0.2) is 10.4 Å². The molecule has 0 N–H and O–H groups in total. The molecule has 0 amide bonds. The summed E-state index contributed by atoms with van der Waals surface area (Å²) in [6, 6.07) is 3.90. The molecule has 0 aliphatic heterocycles. The average molecular weight is 163 g/mol. The molecule has 1 rings (SSSR count). The molecule has 0 bridgehead atoms. The summed E-state index contributed by atoms with van der Waals surface area (Å²) < 4.78 is 1.99. The van der Waals surface area contributed by atoms with Crippen LogP contribution in [0.2, 0.25) is 0 Å². The van der Waals surface area contributed by atoms with E-state index in [0.717, 1.165) is 6.54 Å². The van der Waals surface area contributed by atoms with Crippen LogP contribution in [0.15, 0.2) is 36.7 Å². The summed E-state index contributed by atoms with van der Waals surface area (Å²) in [6.45, 7) is 6.09. The highest BCUT2D eigenvalue weighted by Crippen LogP contribution is 1.99. The van der Waals surface area contributed by atoms with E-state index in [1.807, 2.05) is 29.1 Å². The third kappa shape index (κ3) is 2.38. The van der Waals surface area contributed by atoms with Gasteiger partial charge in [-0.2, -0.15) is 0 Å². The van der Waals surface area contributed by atoms with Gasteiger partial charge in [-0.05, 0) is 24.6 Å². The lowest BCUT2D eigenvalue weighted by molar-refractivity contribution is -0.115. The number of rotatable bonds is 4. The molecule has 0 aromatic carbocycles. The fourth-order valence-corrected chi connectivity index (χ4v) is 0.963. The molecule has 1 heterocycles. The Labute approximate surface area is 72.5 Å². The Hall–Kier alpha value is -1.31. The quantitative estimate of drug-likeness (QED) is 0.622. The Morgan fingerprint density at radius 3 is 2.50 bits per heavy atom. The van der Waals surface area contributed by atoms with Gasteiger partial charge in [0, 0.05) is 25.4 Å². The number of ketones is 1. The molecule has 0 aliphatic rings. The second kappa shape index (κ2) is 3.90. The predicted molar refractivity (Wildman–Crippen MR) is 48.9 cm³/mol. The van der Waals surface area contributed by atoms with E-state index in [0.29, 0.717) is 12.0 Å². The Morgan fingerprint density at radius 2 is 2.00 bits per heavy atom. The molecule has 64 valence electrons. The lowest BCUT2D eigenvalue weighted by atomic mass is 10.2. The zero-order valence-electron chi connectivity index (χ0n) is 7.29. The normalized spacial score (nSPS) is 9.75. The van der Waals surface area contributed by atoms with Crippen molar-refractivity contribution in [1.82, 2.24) is 4.57 Å². The van der Waals surface area contributed by atoms with E-state index in [2.05, 4.69) is 6.58 Å². The number of carbonyl (C=O) groups is 1. The highest BCUT2D eigenvalue weighted by Gasteiger charge is 2.01. The number of aryl methyl sites for hydroxylation is 1. The maximum absolute atomic E-state index is 11.1. The lowest BCUT2D eigenvalue weighted by Gasteiger charge is -2.00. The number of allylic oxidation sites excluding steroid dienone is 1. The summed E-state index contributed by atoms with van der Waals surface area (Å²) in [4.78, 5) is 11.1. The molecule has 0 saturated heterocycles. The van der Waals surface area contributed by atoms with Crippen LogP contribution in [0.4, 0.5) is 0 Å². The smallest absolute Gasteiger partial charge is 0.159 e. The molecular weight excluding hydrogens is 150 g/mol. The molecule has 0 saturated carbocycles. The zero-order chi connectivity index (χ0) is 8.97. The lowest BCUT2D eigenvalue weighted by Crippen LogP contribution is -2.04. The van der Waals surface area contributed by atoms with Gasteiger partial charge in [-0.15, -0.1) is 0 Å². The van der Waals surface area contributed by atoms with Gasteiger partial charge < -0.3 is 4.57 Å². The fraction of sp³-hybridized carbons (Fsp3) is 0.300. The largest absolute Gasteiger partial charge is 0.354 e. The number of aromatic nitrogens is 1. The number of Topliss-reactive ketones (excluding diaryl/α,β-unsaturated/α-hetero) is 1. The van der Waals surface area contributed by atoms with Crippen molar-refractivity contribution in [3.05, 3.63) is 36.7 Å². The van der Waals surface area contributed by atoms with Gasteiger partial charge in [0.15, 0.2) is 5.78 Å². The van der Waals surface area contributed by atoms with Crippen LogP contribution in [0.25, 0.3) is 0 Å². The molecule has 12 heavy (non-hydrogen) atoms. The van der Waals surface area contributed by atoms with Gasteiger partial charge in [0.2, 0.25) is 0 Å². The van der Waals surface area contributed by atoms with Crippen LogP contribution in [0, 0.1) is 0 Å². The fourth-order valence-electron chi connectivity index (χ4n) is 0.963. The molecule has 0 fully saturated rings. The van der Waals surface area contributed by atoms with E-state index in [9.17, 15) is 4.79 Å². The minimum atomic E-state index is 0.142. The first-order valence-electron chi connectivity index (χ1n) is 3.99. The summed E-state index contributed by atoms with van der Waals surface area (Å²) in [5.41, 5.74) is 0.641. The minimum Gasteiger partial charge on any atom is -0.354 e. The Kier molecular flexibility index (Phi) is 2.86. The van der Waals surface area contributed by atoms with Crippen molar-refractivity contribution in [1.29, 1.82) is 0 Å². The third-order valence-electron chi connectivity index (χ3n) is 1.74. The van der Waals surface area contributed by atoms with Crippen LogP contribution >= 0.6 is 0 Å². The van der Waals surface area contributed by atoms with E-state index >= 15 is 0 Å². The Morgan fingerprint density at radius 1 is 1.42 bits per heavy atom. The monoisotopic (exact) mass is 163 g/mol. The van der Waals surface area contributed by atoms with E-state index in [-0.39, 0.29) is 5.78 Å². The van der Waals surface area contributed by atoms with Gasteiger partial charge in [0.1, 0.15) is 0 Å². The highest BCUT2D eigenvalue weighted by molar-refractivity contribution is 5.93. The highest BCUT2D eigenvalue weighted by atomic mass is 16.1. The molecule has 0 atom stereocenters. The first-order valence-corrected chi connectivity index (χ1v) is 3.99. The van der Waals surface area contributed by atoms with Crippen molar-refractivity contribution < 1.29 is 4.79 Å². The average Bonchev–Trinajstić information content (AvgIpc) is 2.51. The van der Waals surface area contributed by atoms with Crippen LogP contribution < -0.4 is 0 Å². The van der Waals surface area contributed by atoms with E-state index in [1.165, 1.54) is 0 Å². The van der Waals surface area contributed by atoms with Crippen LogP contribution in [0.3, 0.4) is 0 Å². The first kappa shape index (κ1) is 8.78. The summed E-state index contributed by atoms with van der Waals surface area (Å²) in [6.07, 6.45) is 4.45. The summed E-state index contributed by atoms with van der Waals surface area (Å²) in [7, 11) is 0. The molecule has 1 aromatic rings. The number of nitrogens with zero attached hydrogens (tertiary/aromatic N) is 1. The van der Waals surface area contributed by atoms with E-state index in [1.54, 1.807) is 6.92 Å². The molecule has 1 aromatic heterocycles. The van der Waals surface area contributed by atoms with Crippen molar-refractivity contribution in [3.63, 3.8) is 0 Å². The molecular formula is C10H13NO. The minimum absolute atomic E-state index is 0.142. The number of carbonyl (C=O) groups excluding carboxylic acids is 1. The van der Waals surface area contributed by atoms with Crippen LogP contribution in [-0.2, 0) is 11.3 Å². The van der Waals surface area contributed by atoms with Gasteiger partial charge in [-0.1, -0.05) is 6.58 Å². The topological polar surface area (TPSA) is 22.0 Å². The van der Waals surface area contributed by atoms with Gasteiger partial charge in [0.25, 0.3) is 0 Å². The predicted octanol–water partition coefficient (Wildman–Crippen LogP) is 2.02. The summed E-state index contributed by atoms with van der Waals surface area (Å²) in [5, 5.41) is 0. The van der Waals surface area contributed by atoms with Gasteiger partial charge in [0.05, 0.1) is 0 Å². The summed E-state index contributed by atoms with van der Waals surface area (Å²) in [5.74, 6) is 0.142. The van der Waals surface area contributed by atoms with Gasteiger partial charge >= 0.3 is 0 Å². The molecule has 0 aliphatic carbocycles. The SMILES string of the molecule is C=C(C)C(=O)CCn1cccc1. The van der Waals surface area contributed by atoms with Crippen molar-refractivity contribution in [2.75, 3.05) is 0 Å². The van der Waals surface area contributed by atoms with Crippen LogP contribution in [0.1, 0.15) is 13.3 Å². The van der Waals surface area contributed by atoms with E-state index < -0.39 is 0 Å². The second-order valence-corrected chi connectivity index (χ2v) is 2.87. The second-order valence-electron chi connectivity index (χ2n) is 2.87. The molecule has 2 nitrogen and oxygen atoms in total. The standard InChI is InChI=1S/C10H13NO/c1-9(2)10(12)5-8-11-6-3-4-7-11/h3-4,6-7H,1,5,8H2,2H3. The van der Waals surface area contributed by atoms with Crippen molar-refractivity contribution in [3.8, 4) is 0 Å². The maximum atomic E-state index is 11.1. The molecule has 0 unspecified atom stereocenters. The number of hydrogen-bond acceptors (Lipinski definition) is 1. The van der Waals surface area contributed by atoms with Crippen LogP contribution in [0.5, 0.6) is 0 Å². The zero-order valence-corrected chi connectivity index (χ0v) is 7.29. The van der Waals surface area contributed by atoms with Crippen molar-refractivity contribution in [2.24, 2.45) is 0 Å². The summed E-state index contributed by atoms with van der Waals surface area (Å²) >= 11 is 0. The van der Waals surface area contributed by atoms with E-state index in [4.69, 9.17) is 0 Å². The van der Waals surface area contributed by atoms with Crippen molar-refractivity contribution >= 4 is 5.78 Å². The van der Waals surface area contributed by atoms with Gasteiger partial charge in [-0.3, -0.25) is 4.79 Å². The Balaban J connectivity index is 2.37. The van der Waals surface area contributed by atoms with Gasteiger partial charge in [-0.25, -0.2) is 0 Å². The number of hydrogen-bond donors (Lipinski definition) is 0. The molecule has 0 spiro atoms. The third-order valence-corrected chi connectivity index (χ3v) is 1.74. The van der Waals surface area contributed by atoms with Crippen molar-refractivity contribution in [2.45, 2.75) is 19.9 Å². The Bertz CT molecular complexity index is 272.